The lowest BCUT2D eigenvalue weighted by Gasteiger charge is -2.35. The Bertz CT molecular complexity index is 566. The maximum absolute atomic E-state index is 11.7. The summed E-state index contributed by atoms with van der Waals surface area (Å²) in [5.74, 6) is -0.0961. The molecule has 1 saturated heterocycles. The molecule has 1 aliphatic rings. The number of hydrogen-bond acceptors (Lipinski definition) is 6. The van der Waals surface area contributed by atoms with Crippen LogP contribution in [0.5, 0.6) is 0 Å². The van der Waals surface area contributed by atoms with Gasteiger partial charge in [-0.3, -0.25) is 14.9 Å². The second kappa shape index (κ2) is 6.26. The zero-order valence-corrected chi connectivity index (χ0v) is 12.5. The van der Waals surface area contributed by atoms with Gasteiger partial charge in [0.15, 0.2) is 0 Å². The number of carbonyl (C=O) groups is 1. The van der Waals surface area contributed by atoms with Crippen molar-refractivity contribution in [3.63, 3.8) is 0 Å². The monoisotopic (exact) mass is 313 g/mol. The average molecular weight is 314 g/mol. The fraction of sp³-hybridized carbons (Fsp3) is 0.538. The van der Waals surface area contributed by atoms with Gasteiger partial charge in [-0.15, -0.1) is 0 Å². The van der Waals surface area contributed by atoms with E-state index in [0.29, 0.717) is 25.3 Å². The van der Waals surface area contributed by atoms with Crippen LogP contribution < -0.4 is 4.90 Å². The molecule has 0 bridgehead atoms. The minimum Gasteiger partial charge on any atom is -0.469 e. The standard InChI is InChI=1S/C13H16ClN3O4/c1-8-7-16(4-3-10(8)13(18)21-2)12-11(17(19)20)5-9(14)6-15-12/h5-6,8,10H,3-4,7H2,1-2H3/t8-,10-/m1/s1. The quantitative estimate of drug-likeness (QED) is 0.483. The van der Waals surface area contributed by atoms with Gasteiger partial charge in [0.2, 0.25) is 5.82 Å². The molecular formula is C13H16ClN3O4. The number of pyridine rings is 1. The van der Waals surface area contributed by atoms with Gasteiger partial charge in [0.25, 0.3) is 0 Å². The van der Waals surface area contributed by atoms with Gasteiger partial charge in [-0.05, 0) is 12.3 Å². The predicted octanol–water partition coefficient (Wildman–Crippen LogP) is 2.28. The Balaban J connectivity index is 2.22. The summed E-state index contributed by atoms with van der Waals surface area (Å²) in [4.78, 5) is 28.2. The van der Waals surface area contributed by atoms with Crippen LogP contribution in [0.3, 0.4) is 0 Å². The Morgan fingerprint density at radius 2 is 2.33 bits per heavy atom. The van der Waals surface area contributed by atoms with Gasteiger partial charge in [0, 0.05) is 25.4 Å². The third-order valence-electron chi connectivity index (χ3n) is 3.72. The maximum Gasteiger partial charge on any atom is 0.313 e. The Labute approximate surface area is 127 Å². The van der Waals surface area contributed by atoms with Crippen LogP contribution >= 0.6 is 11.6 Å². The number of aromatic nitrogens is 1. The van der Waals surface area contributed by atoms with Crippen molar-refractivity contribution in [3.8, 4) is 0 Å². The van der Waals surface area contributed by atoms with E-state index in [2.05, 4.69) is 4.98 Å². The van der Waals surface area contributed by atoms with Crippen molar-refractivity contribution in [1.82, 2.24) is 4.98 Å². The fourth-order valence-corrected chi connectivity index (χ4v) is 2.79. The van der Waals surface area contributed by atoms with Crippen molar-refractivity contribution in [2.24, 2.45) is 11.8 Å². The normalized spacial score (nSPS) is 22.0. The van der Waals surface area contributed by atoms with Crippen LogP contribution in [0, 0.1) is 22.0 Å². The summed E-state index contributed by atoms with van der Waals surface area (Å²) in [5.41, 5.74) is -0.119. The molecule has 1 fully saturated rings. The highest BCUT2D eigenvalue weighted by molar-refractivity contribution is 6.30. The Kier molecular flexibility index (Phi) is 4.62. The topological polar surface area (TPSA) is 85.6 Å². The van der Waals surface area contributed by atoms with Crippen molar-refractivity contribution < 1.29 is 14.5 Å². The lowest BCUT2D eigenvalue weighted by atomic mass is 9.87. The van der Waals surface area contributed by atoms with Crippen LogP contribution in [0.15, 0.2) is 12.3 Å². The molecule has 1 aromatic rings. The zero-order valence-electron chi connectivity index (χ0n) is 11.8. The maximum atomic E-state index is 11.7. The van der Waals surface area contributed by atoms with Crippen LogP contribution in [-0.2, 0) is 9.53 Å². The first-order valence-electron chi connectivity index (χ1n) is 6.56. The smallest absolute Gasteiger partial charge is 0.313 e. The van der Waals surface area contributed by atoms with E-state index in [0.717, 1.165) is 0 Å². The highest BCUT2D eigenvalue weighted by Crippen LogP contribution is 2.33. The second-order valence-corrected chi connectivity index (χ2v) is 5.53. The van der Waals surface area contributed by atoms with E-state index in [4.69, 9.17) is 16.3 Å². The Morgan fingerprint density at radius 1 is 1.62 bits per heavy atom. The van der Waals surface area contributed by atoms with E-state index in [9.17, 15) is 14.9 Å². The molecular weight excluding hydrogens is 298 g/mol. The second-order valence-electron chi connectivity index (χ2n) is 5.10. The van der Waals surface area contributed by atoms with E-state index in [1.807, 2.05) is 11.8 Å². The number of anilines is 1. The van der Waals surface area contributed by atoms with E-state index >= 15 is 0 Å². The van der Waals surface area contributed by atoms with E-state index < -0.39 is 4.92 Å². The zero-order chi connectivity index (χ0) is 15.6. The molecule has 0 saturated carbocycles. The van der Waals surface area contributed by atoms with Gasteiger partial charge in [-0.25, -0.2) is 4.98 Å². The highest BCUT2D eigenvalue weighted by Gasteiger charge is 2.34. The van der Waals surface area contributed by atoms with Crippen LogP contribution in [0.25, 0.3) is 0 Å². The van der Waals surface area contributed by atoms with E-state index in [1.165, 1.54) is 19.4 Å². The molecule has 2 heterocycles. The predicted molar refractivity (Wildman–Crippen MR) is 77.4 cm³/mol. The summed E-state index contributed by atoms with van der Waals surface area (Å²) in [6.45, 7) is 2.95. The number of nitrogens with zero attached hydrogens (tertiary/aromatic N) is 3. The molecule has 0 unspecified atom stereocenters. The molecule has 0 N–H and O–H groups in total. The van der Waals surface area contributed by atoms with Crippen LogP contribution in [0.4, 0.5) is 11.5 Å². The summed E-state index contributed by atoms with van der Waals surface area (Å²) in [5, 5.41) is 11.3. The molecule has 0 aromatic carbocycles. The van der Waals surface area contributed by atoms with Crippen LogP contribution in [-0.4, -0.2) is 36.1 Å². The minimum absolute atomic E-state index is 0.0308. The van der Waals surface area contributed by atoms with Gasteiger partial charge in [0.1, 0.15) is 0 Å². The summed E-state index contributed by atoms with van der Waals surface area (Å²) in [6, 6.07) is 1.29. The number of piperidine rings is 1. The van der Waals surface area contributed by atoms with Crippen LogP contribution in [0.2, 0.25) is 5.02 Å². The molecule has 0 spiro atoms. The minimum atomic E-state index is -0.495. The van der Waals surface area contributed by atoms with Crippen molar-refractivity contribution in [1.29, 1.82) is 0 Å². The number of ether oxygens (including phenoxy) is 1. The summed E-state index contributed by atoms with van der Waals surface area (Å²) >= 11 is 5.77. The first-order chi connectivity index (χ1) is 9.93. The molecule has 0 aliphatic carbocycles. The first kappa shape index (κ1) is 15.5. The molecule has 114 valence electrons. The highest BCUT2D eigenvalue weighted by atomic mass is 35.5. The molecule has 2 rings (SSSR count). The molecule has 0 radical (unpaired) electrons. The third-order valence-corrected chi connectivity index (χ3v) is 3.93. The van der Waals surface area contributed by atoms with Gasteiger partial charge < -0.3 is 9.64 Å². The number of rotatable bonds is 3. The summed E-state index contributed by atoms with van der Waals surface area (Å²) < 4.78 is 4.78. The van der Waals surface area contributed by atoms with Gasteiger partial charge in [-0.2, -0.15) is 0 Å². The lowest BCUT2D eigenvalue weighted by molar-refractivity contribution is -0.384. The van der Waals surface area contributed by atoms with Crippen molar-refractivity contribution in [2.75, 3.05) is 25.1 Å². The SMILES string of the molecule is COC(=O)[C@@H]1CCN(c2ncc(Cl)cc2[N+](=O)[O-])C[C@H]1C. The van der Waals surface area contributed by atoms with Gasteiger partial charge in [0.05, 0.1) is 23.0 Å². The molecule has 1 aromatic heterocycles. The van der Waals surface area contributed by atoms with E-state index in [-0.39, 0.29) is 28.5 Å². The largest absolute Gasteiger partial charge is 0.469 e. The number of hydrogen-bond donors (Lipinski definition) is 0. The molecule has 21 heavy (non-hydrogen) atoms. The fourth-order valence-electron chi connectivity index (χ4n) is 2.64. The van der Waals surface area contributed by atoms with Crippen molar-refractivity contribution in [2.45, 2.75) is 13.3 Å². The number of halogens is 1. The first-order valence-corrected chi connectivity index (χ1v) is 6.94. The van der Waals surface area contributed by atoms with Crippen molar-refractivity contribution in [3.05, 3.63) is 27.4 Å². The van der Waals surface area contributed by atoms with Crippen LogP contribution in [0.1, 0.15) is 13.3 Å². The molecule has 0 amide bonds. The number of methoxy groups -OCH3 is 1. The Hall–Kier alpha value is -1.89. The molecule has 1 aliphatic heterocycles. The van der Waals surface area contributed by atoms with Crippen molar-refractivity contribution >= 4 is 29.1 Å². The summed E-state index contributed by atoms with van der Waals surface area (Å²) in [6.07, 6.45) is 1.97. The third kappa shape index (κ3) is 3.24. The van der Waals surface area contributed by atoms with Gasteiger partial charge >= 0.3 is 11.7 Å². The average Bonchev–Trinajstić information content (AvgIpc) is 2.46. The summed E-state index contributed by atoms with van der Waals surface area (Å²) in [7, 11) is 1.37. The van der Waals surface area contributed by atoms with Gasteiger partial charge in [-0.1, -0.05) is 18.5 Å². The molecule has 7 nitrogen and oxygen atoms in total. The lowest BCUT2D eigenvalue weighted by Crippen LogP contribution is -2.43. The number of carbonyl (C=O) groups excluding carboxylic acids is 1. The van der Waals surface area contributed by atoms with E-state index in [1.54, 1.807) is 0 Å². The number of esters is 1. The molecule has 2 atom stereocenters. The Morgan fingerprint density at radius 3 is 2.90 bits per heavy atom. The number of nitro groups is 1. The molecule has 8 heteroatoms.